The quantitative estimate of drug-likeness (QED) is 0.692. The summed E-state index contributed by atoms with van der Waals surface area (Å²) in [5.74, 6) is 1.21. The van der Waals surface area contributed by atoms with Crippen LogP contribution in [0.1, 0.15) is 5.82 Å². The minimum Gasteiger partial charge on any atom is -0.336 e. The third kappa shape index (κ3) is 2.33. The summed E-state index contributed by atoms with van der Waals surface area (Å²) in [6.45, 7) is 1.61. The summed E-state index contributed by atoms with van der Waals surface area (Å²) < 4.78 is 4.13. The van der Waals surface area contributed by atoms with Gasteiger partial charge in [0.25, 0.3) is 0 Å². The van der Waals surface area contributed by atoms with Gasteiger partial charge in [0.15, 0.2) is 0 Å². The number of halogens is 2. The molecule has 1 aromatic carbocycles. The van der Waals surface area contributed by atoms with Gasteiger partial charge in [-0.1, -0.05) is 17.7 Å². The topological polar surface area (TPSA) is 35.6 Å². The van der Waals surface area contributed by atoms with Crippen LogP contribution in [0.2, 0.25) is 5.02 Å². The normalized spacial score (nSPS) is 11.3. The van der Waals surface area contributed by atoms with Crippen LogP contribution in [0.15, 0.2) is 36.9 Å². The molecule has 0 saturated heterocycles. The maximum Gasteiger partial charge on any atom is 0.124 e. The standard InChI is InChI=1S/C13H12Cl2N4/c14-8-12-17-13-10(15)2-1-3-11(13)19(12)7-6-18-5-4-16-9-18/h1-5,9H,6-8H2. The molecule has 0 unspecified atom stereocenters. The number of para-hydroxylation sites is 1. The predicted octanol–water partition coefficient (Wildman–Crippen LogP) is 3.33. The van der Waals surface area contributed by atoms with Crippen molar-refractivity contribution in [1.82, 2.24) is 19.1 Å². The van der Waals surface area contributed by atoms with Crippen molar-refractivity contribution < 1.29 is 0 Å². The van der Waals surface area contributed by atoms with Gasteiger partial charge in [-0.25, -0.2) is 9.97 Å². The van der Waals surface area contributed by atoms with Crippen molar-refractivity contribution in [3.05, 3.63) is 47.8 Å². The molecule has 4 nitrogen and oxygen atoms in total. The number of rotatable bonds is 4. The summed E-state index contributed by atoms with van der Waals surface area (Å²) in [5, 5.41) is 0.658. The molecule has 3 aromatic rings. The van der Waals surface area contributed by atoms with Gasteiger partial charge >= 0.3 is 0 Å². The fourth-order valence-electron chi connectivity index (χ4n) is 2.15. The van der Waals surface area contributed by atoms with E-state index < -0.39 is 0 Å². The Morgan fingerprint density at radius 1 is 1.21 bits per heavy atom. The first kappa shape index (κ1) is 12.5. The third-order valence-corrected chi connectivity index (χ3v) is 3.61. The van der Waals surface area contributed by atoms with Crippen LogP contribution < -0.4 is 0 Å². The molecule has 0 aliphatic heterocycles. The SMILES string of the molecule is ClCc1nc2c(Cl)cccc2n1CCn1ccnc1. The van der Waals surface area contributed by atoms with Crippen molar-refractivity contribution in [2.75, 3.05) is 0 Å². The van der Waals surface area contributed by atoms with Crippen LogP contribution in [0.25, 0.3) is 11.0 Å². The number of hydrogen-bond donors (Lipinski definition) is 0. The van der Waals surface area contributed by atoms with Crippen LogP contribution in [-0.2, 0) is 19.0 Å². The third-order valence-electron chi connectivity index (χ3n) is 3.07. The predicted molar refractivity (Wildman–Crippen MR) is 76.5 cm³/mol. The Kier molecular flexibility index (Phi) is 3.44. The molecule has 19 heavy (non-hydrogen) atoms. The van der Waals surface area contributed by atoms with Gasteiger partial charge in [-0.15, -0.1) is 11.6 Å². The molecule has 0 amide bonds. The first-order valence-corrected chi connectivity index (χ1v) is 6.86. The van der Waals surface area contributed by atoms with Gasteiger partial charge in [0.2, 0.25) is 0 Å². The maximum absolute atomic E-state index is 6.16. The van der Waals surface area contributed by atoms with Crippen molar-refractivity contribution in [3.63, 3.8) is 0 Å². The zero-order valence-electron chi connectivity index (χ0n) is 10.1. The van der Waals surface area contributed by atoms with E-state index in [0.717, 1.165) is 29.9 Å². The first-order chi connectivity index (χ1) is 9.29. The number of aryl methyl sites for hydroxylation is 2. The van der Waals surface area contributed by atoms with Crippen LogP contribution in [0.5, 0.6) is 0 Å². The zero-order valence-corrected chi connectivity index (χ0v) is 11.6. The van der Waals surface area contributed by atoms with Crippen molar-refractivity contribution in [1.29, 1.82) is 0 Å². The molecule has 6 heteroatoms. The van der Waals surface area contributed by atoms with Crippen LogP contribution in [0, 0.1) is 0 Å². The monoisotopic (exact) mass is 294 g/mol. The molecule has 0 fully saturated rings. The van der Waals surface area contributed by atoms with E-state index >= 15 is 0 Å². The Labute approximate surface area is 120 Å². The van der Waals surface area contributed by atoms with E-state index in [4.69, 9.17) is 23.2 Å². The highest BCUT2D eigenvalue weighted by molar-refractivity contribution is 6.34. The van der Waals surface area contributed by atoms with E-state index in [2.05, 4.69) is 14.5 Å². The van der Waals surface area contributed by atoms with Gasteiger partial charge in [-0.2, -0.15) is 0 Å². The van der Waals surface area contributed by atoms with Gasteiger partial charge in [0.1, 0.15) is 11.3 Å². The van der Waals surface area contributed by atoms with Crippen molar-refractivity contribution in [2.24, 2.45) is 0 Å². The minimum atomic E-state index is 0.370. The molecule has 0 radical (unpaired) electrons. The first-order valence-electron chi connectivity index (χ1n) is 5.95. The fourth-order valence-corrected chi connectivity index (χ4v) is 2.56. The highest BCUT2D eigenvalue weighted by atomic mass is 35.5. The second-order valence-electron chi connectivity index (χ2n) is 4.22. The van der Waals surface area contributed by atoms with Crippen molar-refractivity contribution >= 4 is 34.2 Å². The van der Waals surface area contributed by atoms with E-state index in [1.807, 2.05) is 29.0 Å². The van der Waals surface area contributed by atoms with Crippen LogP contribution in [0.4, 0.5) is 0 Å². The van der Waals surface area contributed by atoms with Gasteiger partial charge in [-0.05, 0) is 12.1 Å². The highest BCUT2D eigenvalue weighted by Gasteiger charge is 2.11. The average Bonchev–Trinajstić information content (AvgIpc) is 3.03. The molecule has 0 atom stereocenters. The molecule has 2 aromatic heterocycles. The van der Waals surface area contributed by atoms with Gasteiger partial charge < -0.3 is 9.13 Å². The molecule has 2 heterocycles. The number of imidazole rings is 2. The van der Waals surface area contributed by atoms with E-state index in [-0.39, 0.29) is 0 Å². The minimum absolute atomic E-state index is 0.370. The molecule has 0 N–H and O–H groups in total. The number of aromatic nitrogens is 4. The summed E-state index contributed by atoms with van der Waals surface area (Å²) in [7, 11) is 0. The maximum atomic E-state index is 6.16. The molecule has 3 rings (SSSR count). The Morgan fingerprint density at radius 2 is 2.11 bits per heavy atom. The summed E-state index contributed by atoms with van der Waals surface area (Å²) >= 11 is 12.1. The average molecular weight is 295 g/mol. The van der Waals surface area contributed by atoms with Crippen LogP contribution in [0.3, 0.4) is 0 Å². The van der Waals surface area contributed by atoms with E-state index in [9.17, 15) is 0 Å². The lowest BCUT2D eigenvalue weighted by Gasteiger charge is -2.08. The molecular formula is C13H12Cl2N4. The molecule has 0 saturated carbocycles. The molecule has 0 aliphatic carbocycles. The fraction of sp³-hybridized carbons (Fsp3) is 0.231. The molecular weight excluding hydrogens is 283 g/mol. The molecule has 0 bridgehead atoms. The number of alkyl halides is 1. The van der Waals surface area contributed by atoms with Gasteiger partial charge in [0, 0.05) is 25.5 Å². The summed E-state index contributed by atoms with van der Waals surface area (Å²) in [4.78, 5) is 8.54. The lowest BCUT2D eigenvalue weighted by molar-refractivity contribution is 0.577. The second kappa shape index (κ2) is 5.23. The summed E-state index contributed by atoms with van der Waals surface area (Å²) in [6.07, 6.45) is 5.50. The smallest absolute Gasteiger partial charge is 0.124 e. The van der Waals surface area contributed by atoms with E-state index in [1.54, 1.807) is 12.5 Å². The second-order valence-corrected chi connectivity index (χ2v) is 4.90. The Hall–Kier alpha value is -1.52. The Bertz CT molecular complexity index is 688. The highest BCUT2D eigenvalue weighted by Crippen LogP contribution is 2.24. The summed E-state index contributed by atoms with van der Waals surface area (Å²) in [5.41, 5.74) is 1.83. The lowest BCUT2D eigenvalue weighted by Crippen LogP contribution is -2.08. The number of nitrogens with zero attached hydrogens (tertiary/aromatic N) is 4. The van der Waals surface area contributed by atoms with Crippen LogP contribution in [-0.4, -0.2) is 19.1 Å². The Morgan fingerprint density at radius 3 is 2.84 bits per heavy atom. The van der Waals surface area contributed by atoms with Crippen molar-refractivity contribution in [2.45, 2.75) is 19.0 Å². The molecule has 0 spiro atoms. The molecule has 98 valence electrons. The number of fused-ring (bicyclic) bond motifs is 1. The summed E-state index contributed by atoms with van der Waals surface area (Å²) in [6, 6.07) is 5.78. The van der Waals surface area contributed by atoms with Crippen LogP contribution >= 0.6 is 23.2 Å². The van der Waals surface area contributed by atoms with Gasteiger partial charge in [-0.3, -0.25) is 0 Å². The van der Waals surface area contributed by atoms with Crippen molar-refractivity contribution in [3.8, 4) is 0 Å². The van der Waals surface area contributed by atoms with E-state index in [1.165, 1.54) is 0 Å². The van der Waals surface area contributed by atoms with Gasteiger partial charge in [0.05, 0.1) is 22.7 Å². The lowest BCUT2D eigenvalue weighted by atomic mass is 10.3. The zero-order chi connectivity index (χ0) is 13.2. The molecule has 0 aliphatic rings. The number of benzene rings is 1. The Balaban J connectivity index is 1.99. The largest absolute Gasteiger partial charge is 0.336 e. The number of hydrogen-bond acceptors (Lipinski definition) is 2. The van der Waals surface area contributed by atoms with E-state index in [0.29, 0.717) is 10.9 Å².